The van der Waals surface area contributed by atoms with Gasteiger partial charge < -0.3 is 25.6 Å². The first-order valence-corrected chi connectivity index (χ1v) is 11.8. The average molecular weight is 527 g/mol. The zero-order valence-corrected chi connectivity index (χ0v) is 20.6. The fourth-order valence-electron chi connectivity index (χ4n) is 4.32. The van der Waals surface area contributed by atoms with E-state index < -0.39 is 17.4 Å². The van der Waals surface area contributed by atoms with Crippen molar-refractivity contribution in [1.82, 2.24) is 24.8 Å². The summed E-state index contributed by atoms with van der Waals surface area (Å²) < 4.78 is 47.5. The van der Waals surface area contributed by atoms with Crippen LogP contribution in [0.1, 0.15) is 5.69 Å². The summed E-state index contributed by atoms with van der Waals surface area (Å²) in [4.78, 5) is 27.3. The Morgan fingerprint density at radius 1 is 1.05 bits per heavy atom. The van der Waals surface area contributed by atoms with Crippen molar-refractivity contribution >= 4 is 34.2 Å². The van der Waals surface area contributed by atoms with Crippen LogP contribution in [0.5, 0.6) is 5.75 Å². The minimum absolute atomic E-state index is 0.0712. The van der Waals surface area contributed by atoms with Crippen LogP contribution in [0.2, 0.25) is 0 Å². The summed E-state index contributed by atoms with van der Waals surface area (Å²) in [6.07, 6.45) is -3.79. The number of nitrogens with zero attached hydrogens (tertiary/aromatic N) is 5. The lowest BCUT2D eigenvalue weighted by atomic mass is 10.2. The van der Waals surface area contributed by atoms with E-state index in [4.69, 9.17) is 4.74 Å². The first-order chi connectivity index (χ1) is 18.3. The maximum Gasteiger partial charge on any atom is 0.438 e. The van der Waals surface area contributed by atoms with Crippen molar-refractivity contribution in [3.05, 3.63) is 64.7 Å². The van der Waals surface area contributed by atoms with Crippen molar-refractivity contribution in [2.45, 2.75) is 6.18 Å². The third-order valence-corrected chi connectivity index (χ3v) is 6.15. The largest absolute Gasteiger partial charge is 0.495 e. The zero-order valence-electron chi connectivity index (χ0n) is 20.6. The van der Waals surface area contributed by atoms with Crippen molar-refractivity contribution in [2.75, 3.05) is 55.9 Å². The Bertz CT molecular complexity index is 1530. The molecule has 1 fully saturated rings. The number of benzene rings is 2. The molecule has 38 heavy (non-hydrogen) atoms. The van der Waals surface area contributed by atoms with Crippen LogP contribution >= 0.6 is 0 Å². The van der Waals surface area contributed by atoms with Gasteiger partial charge in [-0.05, 0) is 30.3 Å². The smallest absolute Gasteiger partial charge is 0.438 e. The van der Waals surface area contributed by atoms with Gasteiger partial charge in [-0.25, -0.2) is 9.97 Å². The van der Waals surface area contributed by atoms with Crippen molar-refractivity contribution in [3.63, 3.8) is 0 Å². The molecule has 2 aromatic heterocycles. The Morgan fingerprint density at radius 3 is 2.55 bits per heavy atom. The van der Waals surface area contributed by atoms with E-state index in [0.717, 1.165) is 42.6 Å². The van der Waals surface area contributed by atoms with Crippen molar-refractivity contribution < 1.29 is 17.9 Å². The number of anilines is 4. The van der Waals surface area contributed by atoms with E-state index in [9.17, 15) is 18.0 Å². The number of hydrogen-bond donors (Lipinski definition) is 3. The number of ether oxygens (including phenoxy) is 1. The van der Waals surface area contributed by atoms with Crippen molar-refractivity contribution in [3.8, 4) is 11.4 Å². The van der Waals surface area contributed by atoms with Gasteiger partial charge in [-0.3, -0.25) is 9.36 Å². The lowest BCUT2D eigenvalue weighted by Gasteiger charge is -2.30. The normalized spacial score (nSPS) is 14.0. The number of halogens is 3. The SMILES string of the molecule is CNc1cccc(-n2c(=O)c(C(F)(F)F)nc3cnc(Nc4ccc(N5CCNCC5)c(OC)c4)nc32)c1. The van der Waals surface area contributed by atoms with E-state index in [0.29, 0.717) is 17.1 Å². The van der Waals surface area contributed by atoms with Crippen LogP contribution in [-0.2, 0) is 6.18 Å². The molecular weight excluding hydrogens is 501 g/mol. The third kappa shape index (κ3) is 4.92. The van der Waals surface area contributed by atoms with Gasteiger partial charge in [0.05, 0.1) is 24.7 Å². The third-order valence-electron chi connectivity index (χ3n) is 6.15. The van der Waals surface area contributed by atoms with E-state index in [-0.39, 0.29) is 22.8 Å². The van der Waals surface area contributed by atoms with Gasteiger partial charge in [0.25, 0.3) is 5.56 Å². The molecule has 1 saturated heterocycles. The second kappa shape index (κ2) is 10.2. The molecule has 198 valence electrons. The fourth-order valence-corrected chi connectivity index (χ4v) is 4.32. The highest BCUT2D eigenvalue weighted by Gasteiger charge is 2.38. The molecule has 0 atom stereocenters. The first kappa shape index (κ1) is 25.3. The van der Waals surface area contributed by atoms with Crippen molar-refractivity contribution in [2.24, 2.45) is 0 Å². The molecule has 0 bridgehead atoms. The topological polar surface area (TPSA) is 109 Å². The molecule has 0 unspecified atom stereocenters. The quantitative estimate of drug-likeness (QED) is 0.348. The van der Waals surface area contributed by atoms with Gasteiger partial charge in [0.1, 0.15) is 11.3 Å². The maximum atomic E-state index is 13.7. The van der Waals surface area contributed by atoms with Crippen LogP contribution in [0.25, 0.3) is 16.9 Å². The molecule has 4 aromatic rings. The molecule has 0 amide bonds. The lowest BCUT2D eigenvalue weighted by Crippen LogP contribution is -2.43. The van der Waals surface area contributed by atoms with Gasteiger partial charge in [-0.2, -0.15) is 18.2 Å². The van der Waals surface area contributed by atoms with E-state index in [1.54, 1.807) is 38.4 Å². The summed E-state index contributed by atoms with van der Waals surface area (Å²) >= 11 is 0. The van der Waals surface area contributed by atoms with Crippen LogP contribution in [0, 0.1) is 0 Å². The number of hydrogen-bond acceptors (Lipinski definition) is 9. The minimum atomic E-state index is -4.95. The molecule has 2 aromatic carbocycles. The molecule has 0 radical (unpaired) electrons. The van der Waals surface area contributed by atoms with Crippen LogP contribution in [-0.4, -0.2) is 59.9 Å². The predicted molar refractivity (Wildman–Crippen MR) is 139 cm³/mol. The number of nitrogens with one attached hydrogen (secondary N) is 3. The highest BCUT2D eigenvalue weighted by atomic mass is 19.4. The molecule has 0 aliphatic carbocycles. The van der Waals surface area contributed by atoms with Crippen LogP contribution in [0.3, 0.4) is 0 Å². The number of methoxy groups -OCH3 is 1. The number of alkyl halides is 3. The molecule has 13 heteroatoms. The van der Waals surface area contributed by atoms with Gasteiger partial charge in [0, 0.05) is 50.7 Å². The molecule has 1 aliphatic rings. The Balaban J connectivity index is 1.58. The highest BCUT2D eigenvalue weighted by Crippen LogP contribution is 2.33. The molecule has 3 N–H and O–H groups in total. The highest BCUT2D eigenvalue weighted by molar-refractivity contribution is 5.75. The molecule has 1 aliphatic heterocycles. The minimum Gasteiger partial charge on any atom is -0.495 e. The van der Waals surface area contributed by atoms with Gasteiger partial charge in [0.2, 0.25) is 11.6 Å². The Morgan fingerprint density at radius 2 is 1.84 bits per heavy atom. The summed E-state index contributed by atoms with van der Waals surface area (Å²) in [7, 11) is 3.25. The number of piperazine rings is 1. The molecule has 5 rings (SSSR count). The van der Waals surface area contributed by atoms with Gasteiger partial charge in [-0.1, -0.05) is 6.07 Å². The van der Waals surface area contributed by atoms with E-state index in [2.05, 4.69) is 35.8 Å². The van der Waals surface area contributed by atoms with Gasteiger partial charge >= 0.3 is 6.18 Å². The Labute approximate surface area is 215 Å². The second-order valence-electron chi connectivity index (χ2n) is 8.55. The summed E-state index contributed by atoms with van der Waals surface area (Å²) in [5.74, 6) is 0.726. The van der Waals surface area contributed by atoms with Crippen molar-refractivity contribution in [1.29, 1.82) is 0 Å². The lowest BCUT2D eigenvalue weighted by molar-refractivity contribution is -0.142. The first-order valence-electron chi connectivity index (χ1n) is 11.8. The monoisotopic (exact) mass is 526 g/mol. The summed E-state index contributed by atoms with van der Waals surface area (Å²) in [5, 5.41) is 9.28. The predicted octanol–water partition coefficient (Wildman–Crippen LogP) is 3.40. The Hall–Kier alpha value is -4.39. The summed E-state index contributed by atoms with van der Waals surface area (Å²) in [6.45, 7) is 3.43. The van der Waals surface area contributed by atoms with Gasteiger partial charge in [-0.15, -0.1) is 0 Å². The van der Waals surface area contributed by atoms with E-state index >= 15 is 0 Å². The number of fused-ring (bicyclic) bond motifs is 1. The average Bonchev–Trinajstić information content (AvgIpc) is 2.92. The zero-order chi connectivity index (χ0) is 26.9. The van der Waals surface area contributed by atoms with Crippen LogP contribution < -0.4 is 31.1 Å². The van der Waals surface area contributed by atoms with E-state index in [1.165, 1.54) is 6.07 Å². The summed E-state index contributed by atoms with van der Waals surface area (Å²) in [6, 6.07) is 12.0. The number of aromatic nitrogens is 4. The molecule has 10 nitrogen and oxygen atoms in total. The fraction of sp³-hybridized carbons (Fsp3) is 0.280. The molecule has 0 saturated carbocycles. The summed E-state index contributed by atoms with van der Waals surface area (Å²) in [5.41, 5.74) is -0.764. The van der Waals surface area contributed by atoms with Crippen LogP contribution in [0.15, 0.2) is 53.5 Å². The molecular formula is C25H25F3N8O2. The molecule has 0 spiro atoms. The molecule has 3 heterocycles. The number of rotatable bonds is 6. The second-order valence-corrected chi connectivity index (χ2v) is 8.55. The Kier molecular flexibility index (Phi) is 6.76. The standard InChI is InChI=1S/C25H25F3N8O2/c1-29-15-4-3-5-17(12-15)36-22-18(33-21(23(36)37)25(26,27)28)14-31-24(34-22)32-16-6-7-19(20(13-16)38-2)35-10-8-30-9-11-35/h3-7,12-14,29-30H,8-11H2,1-2H3,(H,31,32,34). The van der Waals surface area contributed by atoms with Gasteiger partial charge in [0.15, 0.2) is 5.65 Å². The van der Waals surface area contributed by atoms with E-state index in [1.807, 2.05) is 12.1 Å². The van der Waals surface area contributed by atoms with Crippen LogP contribution in [0.4, 0.5) is 36.2 Å². The maximum absolute atomic E-state index is 13.7.